The number of hydrogen-bond donors (Lipinski definition) is 5. The molecule has 1 aliphatic rings. The molecule has 108 valence electrons. The second-order valence-corrected chi connectivity index (χ2v) is 4.82. The van der Waals surface area contributed by atoms with Gasteiger partial charge in [-0.15, -0.1) is 0 Å². The van der Waals surface area contributed by atoms with Crippen molar-refractivity contribution in [2.75, 3.05) is 0 Å². The van der Waals surface area contributed by atoms with E-state index in [2.05, 4.69) is 5.32 Å². The summed E-state index contributed by atoms with van der Waals surface area (Å²) >= 11 is 0. The summed E-state index contributed by atoms with van der Waals surface area (Å²) in [4.78, 5) is 21.7. The Morgan fingerprint density at radius 2 is 1.85 bits per heavy atom. The Morgan fingerprint density at radius 3 is 2.35 bits per heavy atom. The van der Waals surface area contributed by atoms with Crippen LogP contribution in [0.25, 0.3) is 0 Å². The second-order valence-electron chi connectivity index (χ2n) is 4.82. The van der Waals surface area contributed by atoms with E-state index in [9.17, 15) is 19.8 Å². The van der Waals surface area contributed by atoms with Gasteiger partial charge >= 0.3 is 11.9 Å². The molecule has 0 aromatic heterocycles. The summed E-state index contributed by atoms with van der Waals surface area (Å²) in [5.74, 6) is -3.64. The van der Waals surface area contributed by atoms with E-state index >= 15 is 0 Å². The zero-order valence-corrected chi connectivity index (χ0v) is 10.4. The van der Waals surface area contributed by atoms with Gasteiger partial charge in [-0.25, -0.2) is 9.59 Å². The highest BCUT2D eigenvalue weighted by molar-refractivity contribution is 5.86. The third-order valence-corrected chi connectivity index (χ3v) is 3.38. The van der Waals surface area contributed by atoms with Crippen LogP contribution in [0.15, 0.2) is 30.3 Å². The standard InChI is InChI=1S/C13H15NO6/c15-10(11(16)17)13(20,12(18)19)14-9-6-8(9)7-4-2-1-3-5-7/h1-5,8-10,14-15,20H,6H2,(H,16,17)(H,18,19). The number of rotatable bonds is 6. The first kappa shape index (κ1) is 14.4. The lowest BCUT2D eigenvalue weighted by Gasteiger charge is -2.27. The molecular weight excluding hydrogens is 266 g/mol. The Bertz CT molecular complexity index is 519. The lowest BCUT2D eigenvalue weighted by molar-refractivity contribution is -0.189. The lowest BCUT2D eigenvalue weighted by Crippen LogP contribution is -2.63. The number of nitrogens with one attached hydrogen (secondary N) is 1. The molecule has 1 fully saturated rings. The van der Waals surface area contributed by atoms with Gasteiger partial charge in [-0.3, -0.25) is 5.32 Å². The molecule has 20 heavy (non-hydrogen) atoms. The van der Waals surface area contributed by atoms with E-state index in [1.54, 1.807) is 0 Å². The van der Waals surface area contributed by atoms with Crippen LogP contribution in [-0.2, 0) is 9.59 Å². The van der Waals surface area contributed by atoms with Gasteiger partial charge in [-0.2, -0.15) is 0 Å². The van der Waals surface area contributed by atoms with E-state index in [-0.39, 0.29) is 5.92 Å². The summed E-state index contributed by atoms with van der Waals surface area (Å²) in [5, 5.41) is 39.2. The number of aliphatic carboxylic acids is 2. The number of aliphatic hydroxyl groups excluding tert-OH is 1. The molecule has 1 aromatic rings. The predicted molar refractivity (Wildman–Crippen MR) is 67.0 cm³/mol. The van der Waals surface area contributed by atoms with Crippen molar-refractivity contribution in [3.63, 3.8) is 0 Å². The first-order valence-electron chi connectivity index (χ1n) is 6.05. The maximum atomic E-state index is 11.0. The third kappa shape index (κ3) is 2.64. The fraction of sp³-hybridized carbons (Fsp3) is 0.385. The van der Waals surface area contributed by atoms with Crippen LogP contribution >= 0.6 is 0 Å². The van der Waals surface area contributed by atoms with E-state index in [0.717, 1.165) is 5.56 Å². The molecular formula is C13H15NO6. The normalized spacial score (nSPS) is 25.5. The van der Waals surface area contributed by atoms with Crippen molar-refractivity contribution in [1.29, 1.82) is 0 Å². The molecule has 2 rings (SSSR count). The molecule has 0 amide bonds. The molecule has 4 atom stereocenters. The van der Waals surface area contributed by atoms with Gasteiger partial charge in [-0.05, 0) is 12.0 Å². The highest BCUT2D eigenvalue weighted by Gasteiger charge is 2.53. The van der Waals surface area contributed by atoms with Crippen molar-refractivity contribution in [3.8, 4) is 0 Å². The summed E-state index contributed by atoms with van der Waals surface area (Å²) in [5.41, 5.74) is -1.94. The fourth-order valence-electron chi connectivity index (χ4n) is 2.14. The summed E-state index contributed by atoms with van der Waals surface area (Å²) in [6.07, 6.45) is -1.89. The highest BCUT2D eigenvalue weighted by Crippen LogP contribution is 2.41. The van der Waals surface area contributed by atoms with E-state index in [0.29, 0.717) is 6.42 Å². The van der Waals surface area contributed by atoms with Crippen LogP contribution in [0.1, 0.15) is 17.9 Å². The average molecular weight is 281 g/mol. The number of carbonyl (C=O) groups is 2. The minimum atomic E-state index is -2.90. The topological polar surface area (TPSA) is 127 Å². The van der Waals surface area contributed by atoms with Gasteiger partial charge in [-0.1, -0.05) is 30.3 Å². The molecule has 4 unspecified atom stereocenters. The van der Waals surface area contributed by atoms with Crippen molar-refractivity contribution in [2.24, 2.45) is 0 Å². The summed E-state index contributed by atoms with van der Waals surface area (Å²) in [6.45, 7) is 0. The average Bonchev–Trinajstić information content (AvgIpc) is 3.17. The number of carboxylic acids is 2. The molecule has 0 bridgehead atoms. The second kappa shape index (κ2) is 5.20. The van der Waals surface area contributed by atoms with Crippen LogP contribution in [0.5, 0.6) is 0 Å². The quantitative estimate of drug-likeness (QED) is 0.438. The van der Waals surface area contributed by atoms with E-state index in [4.69, 9.17) is 10.2 Å². The minimum absolute atomic E-state index is 0.0110. The molecule has 7 heteroatoms. The van der Waals surface area contributed by atoms with Gasteiger partial charge in [0.15, 0.2) is 0 Å². The maximum Gasteiger partial charge on any atom is 0.354 e. The Morgan fingerprint density at radius 1 is 1.25 bits per heavy atom. The van der Waals surface area contributed by atoms with Crippen molar-refractivity contribution < 1.29 is 30.0 Å². The summed E-state index contributed by atoms with van der Waals surface area (Å²) in [7, 11) is 0. The first-order valence-corrected chi connectivity index (χ1v) is 6.05. The van der Waals surface area contributed by atoms with E-state index < -0.39 is 29.8 Å². The Labute approximate surface area is 114 Å². The van der Waals surface area contributed by atoms with Crippen LogP contribution < -0.4 is 5.32 Å². The van der Waals surface area contributed by atoms with Crippen molar-refractivity contribution in [3.05, 3.63) is 35.9 Å². The number of carboxylic acid groups (broad SMARTS) is 2. The molecule has 0 spiro atoms. The van der Waals surface area contributed by atoms with E-state index in [1.165, 1.54) is 0 Å². The zero-order chi connectivity index (χ0) is 14.9. The summed E-state index contributed by atoms with van der Waals surface area (Å²) in [6, 6.07) is 8.84. The summed E-state index contributed by atoms with van der Waals surface area (Å²) < 4.78 is 0. The fourth-order valence-corrected chi connectivity index (χ4v) is 2.14. The third-order valence-electron chi connectivity index (χ3n) is 3.38. The van der Waals surface area contributed by atoms with Crippen LogP contribution in [-0.4, -0.2) is 50.2 Å². The Hall–Kier alpha value is -1.96. The largest absolute Gasteiger partial charge is 0.479 e. The first-order chi connectivity index (χ1) is 9.36. The predicted octanol–water partition coefficient (Wildman–Crippen LogP) is -0.649. The Balaban J connectivity index is 2.09. The molecule has 5 N–H and O–H groups in total. The SMILES string of the molecule is O=C(O)C(O)C(O)(NC1CC1c1ccccc1)C(=O)O. The van der Waals surface area contributed by atoms with Crippen LogP contribution in [0.2, 0.25) is 0 Å². The molecule has 0 saturated heterocycles. The van der Waals surface area contributed by atoms with Gasteiger partial charge in [0.2, 0.25) is 6.10 Å². The zero-order valence-electron chi connectivity index (χ0n) is 10.4. The number of aliphatic hydroxyl groups is 2. The molecule has 0 heterocycles. The molecule has 1 saturated carbocycles. The lowest BCUT2D eigenvalue weighted by atomic mass is 10.1. The van der Waals surface area contributed by atoms with Gasteiger partial charge in [0.25, 0.3) is 5.72 Å². The van der Waals surface area contributed by atoms with Crippen molar-refractivity contribution in [2.45, 2.75) is 30.2 Å². The molecule has 7 nitrogen and oxygen atoms in total. The Kier molecular flexibility index (Phi) is 3.76. The van der Waals surface area contributed by atoms with Gasteiger partial charge in [0.1, 0.15) is 0 Å². The minimum Gasteiger partial charge on any atom is -0.479 e. The highest BCUT2D eigenvalue weighted by atomic mass is 16.5. The maximum absolute atomic E-state index is 11.0. The number of hydrogen-bond acceptors (Lipinski definition) is 5. The van der Waals surface area contributed by atoms with Gasteiger partial charge in [0, 0.05) is 12.0 Å². The number of benzene rings is 1. The molecule has 0 radical (unpaired) electrons. The van der Waals surface area contributed by atoms with Crippen molar-refractivity contribution >= 4 is 11.9 Å². The monoisotopic (exact) mass is 281 g/mol. The molecule has 1 aromatic carbocycles. The van der Waals surface area contributed by atoms with Crippen LogP contribution in [0.4, 0.5) is 0 Å². The van der Waals surface area contributed by atoms with Crippen LogP contribution in [0, 0.1) is 0 Å². The van der Waals surface area contributed by atoms with Crippen LogP contribution in [0.3, 0.4) is 0 Å². The van der Waals surface area contributed by atoms with Gasteiger partial charge < -0.3 is 20.4 Å². The molecule has 0 aliphatic heterocycles. The van der Waals surface area contributed by atoms with Crippen molar-refractivity contribution in [1.82, 2.24) is 5.32 Å². The van der Waals surface area contributed by atoms with E-state index in [1.807, 2.05) is 30.3 Å². The van der Waals surface area contributed by atoms with Gasteiger partial charge in [0.05, 0.1) is 0 Å². The molecule has 1 aliphatic carbocycles. The smallest absolute Gasteiger partial charge is 0.354 e.